The maximum absolute atomic E-state index is 12.7. The highest BCUT2D eigenvalue weighted by Crippen LogP contribution is 2.65. The highest BCUT2D eigenvalue weighted by Gasteiger charge is 2.57. The molecule has 0 saturated heterocycles. The molecule has 0 heterocycles. The molecule has 4 aliphatic carbocycles. The summed E-state index contributed by atoms with van der Waals surface area (Å²) in [6.07, 6.45) is 7.85. The topological polar surface area (TPSA) is 66.5 Å². The molecule has 1 amide bonds. The maximum Gasteiger partial charge on any atom is 0.242 e. The molecule has 2 atom stereocenters. The molecular weight excluding hydrogens is 428 g/mol. The zero-order valence-electron chi connectivity index (χ0n) is 15.9. The van der Waals surface area contributed by atoms with Crippen LogP contribution in [0.3, 0.4) is 0 Å². The number of hydrogen-bond acceptors (Lipinski definition) is 3. The van der Waals surface area contributed by atoms with Crippen LogP contribution in [0.2, 0.25) is 0 Å². The van der Waals surface area contributed by atoms with E-state index in [4.69, 9.17) is 0 Å². The number of nitrogens with one attached hydrogen (secondary N) is 1. The first-order valence-electron chi connectivity index (χ1n) is 9.61. The quantitative estimate of drug-likeness (QED) is 0.683. The largest absolute Gasteiger partial charge is 0.326 e. The Balaban J connectivity index is 1.43. The summed E-state index contributed by atoms with van der Waals surface area (Å²) in [4.78, 5) is 13.0. The summed E-state index contributed by atoms with van der Waals surface area (Å²) in [7, 11) is -0.436. The maximum atomic E-state index is 12.7. The number of sulfonamides is 1. The van der Waals surface area contributed by atoms with Gasteiger partial charge in [-0.3, -0.25) is 4.79 Å². The first-order chi connectivity index (χ1) is 12.6. The summed E-state index contributed by atoms with van der Waals surface area (Å²) >= 11 is 3.99. The van der Waals surface area contributed by atoms with Gasteiger partial charge in [-0.25, -0.2) is 12.7 Å². The molecule has 0 radical (unpaired) electrons. The predicted octanol–water partition coefficient (Wildman–Crippen LogP) is 4.00. The van der Waals surface area contributed by atoms with E-state index in [1.165, 1.54) is 50.5 Å². The van der Waals surface area contributed by atoms with Crippen LogP contribution in [0.5, 0.6) is 0 Å². The number of nitrogens with zero attached hydrogens (tertiary/aromatic N) is 1. The summed E-state index contributed by atoms with van der Waals surface area (Å²) in [5, 5.41) is 2.97. The van der Waals surface area contributed by atoms with Crippen molar-refractivity contribution in [2.75, 3.05) is 19.4 Å². The summed E-state index contributed by atoms with van der Waals surface area (Å²) in [6, 6.07) is 6.42. The predicted molar refractivity (Wildman–Crippen MR) is 109 cm³/mol. The van der Waals surface area contributed by atoms with Crippen molar-refractivity contribution in [2.24, 2.45) is 17.3 Å². The van der Waals surface area contributed by atoms with Crippen LogP contribution >= 0.6 is 15.9 Å². The van der Waals surface area contributed by atoms with Gasteiger partial charge in [-0.1, -0.05) is 15.9 Å². The number of halogens is 1. The van der Waals surface area contributed by atoms with Gasteiger partial charge in [0.2, 0.25) is 15.9 Å². The van der Waals surface area contributed by atoms with Crippen molar-refractivity contribution in [3.8, 4) is 0 Å². The molecule has 1 N–H and O–H groups in total. The normalized spacial score (nSPS) is 34.8. The van der Waals surface area contributed by atoms with E-state index in [9.17, 15) is 13.2 Å². The summed E-state index contributed by atoms with van der Waals surface area (Å²) in [5.41, 5.74) is 0.780. The average Bonchev–Trinajstić information content (AvgIpc) is 2.52. The van der Waals surface area contributed by atoms with Gasteiger partial charge in [-0.15, -0.1) is 0 Å². The van der Waals surface area contributed by atoms with Gasteiger partial charge in [-0.05, 0) is 80.0 Å². The van der Waals surface area contributed by atoms with E-state index >= 15 is 0 Å². The molecular formula is C20H27BrN2O3S. The van der Waals surface area contributed by atoms with E-state index < -0.39 is 10.0 Å². The minimum absolute atomic E-state index is 0.0382. The minimum Gasteiger partial charge on any atom is -0.326 e. The van der Waals surface area contributed by atoms with Crippen LogP contribution in [0.15, 0.2) is 29.2 Å². The van der Waals surface area contributed by atoms with Crippen molar-refractivity contribution in [1.82, 2.24) is 4.31 Å². The Labute approximate surface area is 170 Å². The van der Waals surface area contributed by atoms with Crippen LogP contribution in [0.1, 0.15) is 44.9 Å². The lowest BCUT2D eigenvalue weighted by Crippen LogP contribution is -2.53. The number of alkyl halides is 1. The SMILES string of the molecule is CN(C)S(=O)(=O)c1ccc(NC(=O)CC23CC4CC(CC(Br)(C4)C2)C3)cc1. The van der Waals surface area contributed by atoms with Crippen molar-refractivity contribution in [1.29, 1.82) is 0 Å². The van der Waals surface area contributed by atoms with Gasteiger partial charge in [-0.2, -0.15) is 0 Å². The second-order valence-corrected chi connectivity index (χ2v) is 13.0. The molecule has 4 fully saturated rings. The van der Waals surface area contributed by atoms with Crippen LogP contribution in [-0.2, 0) is 14.8 Å². The second-order valence-electron chi connectivity index (χ2n) is 9.15. The van der Waals surface area contributed by atoms with E-state index in [-0.39, 0.29) is 20.5 Å². The van der Waals surface area contributed by atoms with Crippen LogP contribution in [0, 0.1) is 17.3 Å². The number of anilines is 1. The van der Waals surface area contributed by atoms with Gasteiger partial charge in [0, 0.05) is 30.5 Å². The van der Waals surface area contributed by atoms with E-state index in [0.29, 0.717) is 12.1 Å². The van der Waals surface area contributed by atoms with Crippen molar-refractivity contribution in [3.63, 3.8) is 0 Å². The lowest BCUT2D eigenvalue weighted by molar-refractivity contribution is -0.123. The van der Waals surface area contributed by atoms with Crippen LogP contribution < -0.4 is 5.32 Å². The summed E-state index contributed by atoms with van der Waals surface area (Å²) in [6.45, 7) is 0. The van der Waals surface area contributed by atoms with Gasteiger partial charge in [0.15, 0.2) is 0 Å². The molecule has 0 aliphatic heterocycles. The summed E-state index contributed by atoms with van der Waals surface area (Å²) < 4.78 is 25.7. The van der Waals surface area contributed by atoms with Crippen molar-refractivity contribution in [2.45, 2.75) is 54.2 Å². The van der Waals surface area contributed by atoms with Gasteiger partial charge in [0.1, 0.15) is 0 Å². The van der Waals surface area contributed by atoms with Crippen molar-refractivity contribution in [3.05, 3.63) is 24.3 Å². The fourth-order valence-corrected chi connectivity index (χ4v) is 8.42. The van der Waals surface area contributed by atoms with Crippen molar-refractivity contribution >= 4 is 37.5 Å². The van der Waals surface area contributed by atoms with E-state index in [1.54, 1.807) is 24.3 Å². The standard InChI is InChI=1S/C20H27BrN2O3S/c1-23(2)27(25,26)17-5-3-16(4-6-17)22-18(24)12-19-8-14-7-15(9-19)11-20(21,10-14)13-19/h3-6,14-15H,7-13H2,1-2H3,(H,22,24). The second kappa shape index (κ2) is 6.56. The molecule has 27 heavy (non-hydrogen) atoms. The third kappa shape index (κ3) is 3.70. The van der Waals surface area contributed by atoms with Gasteiger partial charge >= 0.3 is 0 Å². The van der Waals surface area contributed by atoms with Crippen LogP contribution in [-0.4, -0.2) is 37.0 Å². The number of hydrogen-bond donors (Lipinski definition) is 1. The molecule has 1 aromatic carbocycles. The lowest BCUT2D eigenvalue weighted by atomic mass is 9.48. The van der Waals surface area contributed by atoms with Gasteiger partial charge < -0.3 is 5.32 Å². The monoisotopic (exact) mass is 454 g/mol. The first kappa shape index (κ1) is 19.4. The number of carbonyl (C=O) groups excluding carboxylic acids is 1. The average molecular weight is 455 g/mol. The first-order valence-corrected chi connectivity index (χ1v) is 11.8. The Hall–Kier alpha value is -0.920. The fraction of sp³-hybridized carbons (Fsp3) is 0.650. The molecule has 148 valence electrons. The Kier molecular flexibility index (Phi) is 4.71. The molecule has 4 aliphatic rings. The minimum atomic E-state index is -3.45. The molecule has 4 saturated carbocycles. The van der Waals surface area contributed by atoms with E-state index in [0.717, 1.165) is 18.3 Å². The van der Waals surface area contributed by atoms with Gasteiger partial charge in [0.05, 0.1) is 4.90 Å². The Morgan fingerprint density at radius 3 is 2.26 bits per heavy atom. The number of amides is 1. The van der Waals surface area contributed by atoms with E-state index in [2.05, 4.69) is 21.2 Å². The van der Waals surface area contributed by atoms with Gasteiger partial charge in [0.25, 0.3) is 0 Å². The molecule has 0 spiro atoms. The molecule has 1 aromatic rings. The zero-order chi connectivity index (χ0) is 19.4. The Morgan fingerprint density at radius 2 is 1.74 bits per heavy atom. The molecule has 2 unspecified atom stereocenters. The highest BCUT2D eigenvalue weighted by atomic mass is 79.9. The number of benzene rings is 1. The van der Waals surface area contributed by atoms with Crippen LogP contribution in [0.25, 0.3) is 0 Å². The third-order valence-electron chi connectivity index (χ3n) is 6.56. The molecule has 5 rings (SSSR count). The third-order valence-corrected chi connectivity index (χ3v) is 9.32. The van der Waals surface area contributed by atoms with E-state index in [1.807, 2.05) is 0 Å². The molecule has 7 heteroatoms. The molecule has 5 nitrogen and oxygen atoms in total. The summed E-state index contributed by atoms with van der Waals surface area (Å²) in [5.74, 6) is 1.55. The molecule has 4 bridgehead atoms. The Morgan fingerprint density at radius 1 is 1.15 bits per heavy atom. The lowest BCUT2D eigenvalue weighted by Gasteiger charge is -2.60. The van der Waals surface area contributed by atoms with Crippen molar-refractivity contribution < 1.29 is 13.2 Å². The molecule has 0 aromatic heterocycles. The number of rotatable bonds is 5. The number of carbonyl (C=O) groups is 1. The highest BCUT2D eigenvalue weighted by molar-refractivity contribution is 9.10. The smallest absolute Gasteiger partial charge is 0.242 e. The zero-order valence-corrected chi connectivity index (χ0v) is 18.3. The van der Waals surface area contributed by atoms with Crippen LogP contribution in [0.4, 0.5) is 5.69 Å². The fourth-order valence-electron chi connectivity index (χ4n) is 6.01. The Bertz CT molecular complexity index is 836.